The normalized spacial score (nSPS) is 10.8. The first kappa shape index (κ1) is 17.3. The Kier molecular flexibility index (Phi) is 6.02. The number of rotatable bonds is 5. The SMILES string of the molecule is CC(=O)N/N=C\c1cc(Cl)c(OCc2cccc(C)c2)c(Cl)c1. The van der Waals surface area contributed by atoms with Crippen molar-refractivity contribution in [1.29, 1.82) is 0 Å². The fourth-order valence-corrected chi connectivity index (χ4v) is 2.56. The molecular weight excluding hydrogens is 335 g/mol. The molecule has 6 heteroatoms. The zero-order chi connectivity index (χ0) is 16.8. The predicted molar refractivity (Wildman–Crippen MR) is 93.4 cm³/mol. The molecule has 0 spiro atoms. The number of carbonyl (C=O) groups excluding carboxylic acids is 1. The summed E-state index contributed by atoms with van der Waals surface area (Å²) in [7, 11) is 0. The Morgan fingerprint density at radius 3 is 2.57 bits per heavy atom. The van der Waals surface area contributed by atoms with E-state index in [0.717, 1.165) is 11.1 Å². The summed E-state index contributed by atoms with van der Waals surface area (Å²) < 4.78 is 5.73. The fourth-order valence-electron chi connectivity index (χ4n) is 1.95. The standard InChI is InChI=1S/C17H16Cl2N2O2/c1-11-4-3-5-13(6-11)10-23-17-15(18)7-14(8-16(17)19)9-20-21-12(2)22/h3-9H,10H2,1-2H3,(H,21,22)/b20-9-. The molecule has 0 fully saturated rings. The van der Waals surface area contributed by atoms with Gasteiger partial charge < -0.3 is 4.74 Å². The summed E-state index contributed by atoms with van der Waals surface area (Å²) in [5.41, 5.74) is 5.17. The number of carbonyl (C=O) groups is 1. The first-order valence-corrected chi connectivity index (χ1v) is 7.68. The highest BCUT2D eigenvalue weighted by Gasteiger charge is 2.09. The van der Waals surface area contributed by atoms with Gasteiger partial charge in [-0.2, -0.15) is 5.10 Å². The molecule has 2 rings (SSSR count). The second-order valence-electron chi connectivity index (χ2n) is 5.02. The number of ether oxygens (including phenoxy) is 1. The molecule has 0 aliphatic heterocycles. The van der Waals surface area contributed by atoms with Gasteiger partial charge in [-0.05, 0) is 30.2 Å². The summed E-state index contributed by atoms with van der Waals surface area (Å²) in [6.07, 6.45) is 1.46. The van der Waals surface area contributed by atoms with Crippen molar-refractivity contribution < 1.29 is 9.53 Å². The molecule has 120 valence electrons. The lowest BCUT2D eigenvalue weighted by molar-refractivity contribution is -0.118. The van der Waals surface area contributed by atoms with Crippen LogP contribution in [0.25, 0.3) is 0 Å². The minimum atomic E-state index is -0.253. The second kappa shape index (κ2) is 7.99. The number of aryl methyl sites for hydroxylation is 1. The van der Waals surface area contributed by atoms with Crippen LogP contribution in [0.4, 0.5) is 0 Å². The van der Waals surface area contributed by atoms with Crippen LogP contribution in [0.15, 0.2) is 41.5 Å². The maximum Gasteiger partial charge on any atom is 0.236 e. The lowest BCUT2D eigenvalue weighted by Crippen LogP contribution is -2.12. The van der Waals surface area contributed by atoms with Crippen LogP contribution in [-0.4, -0.2) is 12.1 Å². The van der Waals surface area contributed by atoms with Gasteiger partial charge in [0.05, 0.1) is 16.3 Å². The minimum Gasteiger partial charge on any atom is -0.486 e. The molecule has 0 atom stereocenters. The molecule has 0 heterocycles. The Morgan fingerprint density at radius 1 is 1.26 bits per heavy atom. The first-order chi connectivity index (χ1) is 11.0. The maximum atomic E-state index is 10.8. The van der Waals surface area contributed by atoms with Crippen LogP contribution in [0, 0.1) is 6.92 Å². The molecule has 1 amide bonds. The van der Waals surface area contributed by atoms with Crippen molar-refractivity contribution in [3.05, 3.63) is 63.1 Å². The van der Waals surface area contributed by atoms with Crippen molar-refractivity contribution in [2.75, 3.05) is 0 Å². The minimum absolute atomic E-state index is 0.253. The number of benzene rings is 2. The molecule has 23 heavy (non-hydrogen) atoms. The Hall–Kier alpha value is -2.04. The third-order valence-electron chi connectivity index (χ3n) is 2.92. The summed E-state index contributed by atoms with van der Waals surface area (Å²) in [5, 5.41) is 4.54. The van der Waals surface area contributed by atoms with Crippen molar-refractivity contribution in [2.24, 2.45) is 5.10 Å². The van der Waals surface area contributed by atoms with E-state index in [4.69, 9.17) is 27.9 Å². The number of nitrogens with one attached hydrogen (secondary N) is 1. The van der Waals surface area contributed by atoms with Crippen LogP contribution in [-0.2, 0) is 11.4 Å². The summed E-state index contributed by atoms with van der Waals surface area (Å²) in [5.74, 6) is 0.170. The van der Waals surface area contributed by atoms with E-state index in [1.54, 1.807) is 12.1 Å². The molecule has 0 aliphatic carbocycles. The molecule has 0 bridgehead atoms. The Bertz CT molecular complexity index is 722. The van der Waals surface area contributed by atoms with Crippen LogP contribution >= 0.6 is 23.2 Å². The van der Waals surface area contributed by atoms with Crippen LogP contribution in [0.3, 0.4) is 0 Å². The van der Waals surface area contributed by atoms with Gasteiger partial charge in [0, 0.05) is 6.92 Å². The average molecular weight is 351 g/mol. The van der Waals surface area contributed by atoms with Crippen LogP contribution in [0.1, 0.15) is 23.6 Å². The average Bonchev–Trinajstić information content (AvgIpc) is 2.46. The molecule has 0 aliphatic rings. The molecule has 2 aromatic carbocycles. The molecule has 0 unspecified atom stereocenters. The van der Waals surface area contributed by atoms with Crippen molar-refractivity contribution >= 4 is 35.3 Å². The number of halogens is 2. The van der Waals surface area contributed by atoms with Gasteiger partial charge in [0.1, 0.15) is 6.61 Å². The molecule has 1 N–H and O–H groups in total. The van der Waals surface area contributed by atoms with Crippen molar-refractivity contribution in [2.45, 2.75) is 20.5 Å². The molecule has 0 saturated heterocycles. The summed E-state index contributed by atoms with van der Waals surface area (Å²) in [4.78, 5) is 10.8. The lowest BCUT2D eigenvalue weighted by Gasteiger charge is -2.11. The first-order valence-electron chi connectivity index (χ1n) is 6.92. The lowest BCUT2D eigenvalue weighted by atomic mass is 10.1. The highest BCUT2D eigenvalue weighted by atomic mass is 35.5. The molecule has 0 aromatic heterocycles. The van der Waals surface area contributed by atoms with Gasteiger partial charge in [0.25, 0.3) is 0 Å². The van der Waals surface area contributed by atoms with Crippen molar-refractivity contribution in [3.63, 3.8) is 0 Å². The number of nitrogens with zero attached hydrogens (tertiary/aromatic N) is 1. The number of hydrogen-bond donors (Lipinski definition) is 1. The van der Waals surface area contributed by atoms with Gasteiger partial charge in [-0.3, -0.25) is 4.79 Å². The second-order valence-corrected chi connectivity index (χ2v) is 5.83. The van der Waals surface area contributed by atoms with Crippen LogP contribution in [0.2, 0.25) is 10.0 Å². The number of hydrogen-bond acceptors (Lipinski definition) is 3. The topological polar surface area (TPSA) is 50.7 Å². The van der Waals surface area contributed by atoms with E-state index in [0.29, 0.717) is 28.0 Å². The van der Waals surface area contributed by atoms with Gasteiger partial charge in [0.15, 0.2) is 5.75 Å². The van der Waals surface area contributed by atoms with Crippen molar-refractivity contribution in [1.82, 2.24) is 5.43 Å². The van der Waals surface area contributed by atoms with E-state index in [2.05, 4.69) is 10.5 Å². The molecule has 2 aromatic rings. The molecule has 0 saturated carbocycles. The molecule has 0 radical (unpaired) electrons. The van der Waals surface area contributed by atoms with E-state index >= 15 is 0 Å². The number of hydrazone groups is 1. The Morgan fingerprint density at radius 2 is 1.96 bits per heavy atom. The summed E-state index contributed by atoms with van der Waals surface area (Å²) >= 11 is 12.4. The quantitative estimate of drug-likeness (QED) is 0.643. The van der Waals surface area contributed by atoms with Crippen molar-refractivity contribution in [3.8, 4) is 5.75 Å². The molecular formula is C17H16Cl2N2O2. The van der Waals surface area contributed by atoms with E-state index in [-0.39, 0.29) is 5.91 Å². The van der Waals surface area contributed by atoms with Crippen LogP contribution < -0.4 is 10.2 Å². The Balaban J connectivity index is 2.11. The zero-order valence-electron chi connectivity index (χ0n) is 12.8. The molecule has 4 nitrogen and oxygen atoms in total. The van der Waals surface area contributed by atoms with Gasteiger partial charge in [-0.15, -0.1) is 0 Å². The van der Waals surface area contributed by atoms with Gasteiger partial charge in [0.2, 0.25) is 5.91 Å². The highest BCUT2D eigenvalue weighted by molar-refractivity contribution is 6.37. The third kappa shape index (κ3) is 5.27. The van der Waals surface area contributed by atoms with E-state index in [9.17, 15) is 4.79 Å². The van der Waals surface area contributed by atoms with Crippen LogP contribution in [0.5, 0.6) is 5.75 Å². The third-order valence-corrected chi connectivity index (χ3v) is 3.48. The van der Waals surface area contributed by atoms with Gasteiger partial charge >= 0.3 is 0 Å². The Labute approximate surface area is 145 Å². The monoisotopic (exact) mass is 350 g/mol. The predicted octanol–water partition coefficient (Wildman–Crippen LogP) is 4.35. The maximum absolute atomic E-state index is 10.8. The van der Waals surface area contributed by atoms with Gasteiger partial charge in [-0.1, -0.05) is 53.0 Å². The van der Waals surface area contributed by atoms with E-state index in [1.807, 2.05) is 31.2 Å². The summed E-state index contributed by atoms with van der Waals surface area (Å²) in [6, 6.07) is 11.3. The number of amides is 1. The zero-order valence-corrected chi connectivity index (χ0v) is 14.3. The van der Waals surface area contributed by atoms with Gasteiger partial charge in [-0.25, -0.2) is 5.43 Å². The largest absolute Gasteiger partial charge is 0.486 e. The summed E-state index contributed by atoms with van der Waals surface area (Å²) in [6.45, 7) is 3.77. The van der Waals surface area contributed by atoms with E-state index < -0.39 is 0 Å². The highest BCUT2D eigenvalue weighted by Crippen LogP contribution is 2.34. The van der Waals surface area contributed by atoms with E-state index in [1.165, 1.54) is 13.1 Å². The smallest absolute Gasteiger partial charge is 0.236 e. The fraction of sp³-hybridized carbons (Fsp3) is 0.176.